The number of unbranched alkanes of at least 4 members (excludes halogenated alkanes) is 38. The minimum absolute atomic E-state index is 0.0868. The third kappa shape index (κ3) is 88.1. The number of esters is 3. The fourth-order valence-electron chi connectivity index (χ4n) is 12.2. The van der Waals surface area contributed by atoms with Crippen LogP contribution in [0.2, 0.25) is 0 Å². The SMILES string of the molecule is CC/C=C\C/C=C\C/C=C\C/C=C\C/C=C\C/C=C\CCCCCCCCCCCCCCCCCCC(=O)OCC(O)COP(=O)(O)OCC(O)COP(=O)(O)OCC(COC(=O)CCCCCCCCCCCCC/C=C\C/C=C\C/C=C\C/C=C\CCCCC)OC(=O)CCCCCCC/C=C\C/C=C\CCCCC. The minimum atomic E-state index is -4.94. The maximum Gasteiger partial charge on any atom is 0.472 e. The van der Waals surface area contributed by atoms with Crippen LogP contribution in [0, 0.1) is 0 Å². The summed E-state index contributed by atoms with van der Waals surface area (Å²) in [6.45, 7) is 2.53. The number of hydrogen-bond donors (Lipinski definition) is 4. The largest absolute Gasteiger partial charge is 0.472 e. The molecular weight excluding hydrogens is 1460 g/mol. The minimum Gasteiger partial charge on any atom is -0.463 e. The van der Waals surface area contributed by atoms with Crippen molar-refractivity contribution in [3.63, 3.8) is 0 Å². The molecular formula is C95H164O16P2. The third-order valence-corrected chi connectivity index (χ3v) is 20.9. The summed E-state index contributed by atoms with van der Waals surface area (Å²) in [4.78, 5) is 58.9. The maximum absolute atomic E-state index is 13.0. The highest BCUT2D eigenvalue weighted by Gasteiger charge is 2.29. The maximum atomic E-state index is 13.0. The van der Waals surface area contributed by atoms with Crippen LogP contribution in [0.4, 0.5) is 0 Å². The van der Waals surface area contributed by atoms with Gasteiger partial charge in [0.25, 0.3) is 0 Å². The van der Waals surface area contributed by atoms with Crippen molar-refractivity contribution < 1.29 is 75.8 Å². The van der Waals surface area contributed by atoms with Crippen molar-refractivity contribution in [3.05, 3.63) is 146 Å². The Kier molecular flexibility index (Phi) is 83.3. The zero-order valence-electron chi connectivity index (χ0n) is 71.5. The van der Waals surface area contributed by atoms with E-state index in [0.717, 1.165) is 154 Å². The molecule has 0 spiro atoms. The molecule has 0 fully saturated rings. The predicted octanol–water partition coefficient (Wildman–Crippen LogP) is 27.6. The molecule has 0 saturated carbocycles. The molecule has 0 radical (unpaired) electrons. The van der Waals surface area contributed by atoms with Crippen LogP contribution in [0.15, 0.2) is 146 Å². The van der Waals surface area contributed by atoms with Gasteiger partial charge in [-0.25, -0.2) is 9.13 Å². The van der Waals surface area contributed by atoms with Gasteiger partial charge in [-0.2, -0.15) is 0 Å². The van der Waals surface area contributed by atoms with Gasteiger partial charge in [-0.05, 0) is 148 Å². The van der Waals surface area contributed by atoms with Gasteiger partial charge in [0, 0.05) is 19.3 Å². The van der Waals surface area contributed by atoms with Crippen molar-refractivity contribution in [1.82, 2.24) is 0 Å². The van der Waals surface area contributed by atoms with E-state index in [9.17, 15) is 43.5 Å². The standard InChI is InChI=1S/C95H164O16P2/c1-4-7-10-13-16-19-22-25-28-30-32-34-36-38-40-41-42-43-44-45-46-47-49-51-52-54-56-58-61-63-66-69-72-75-78-81-93(98)105-84-90(96)85-107-112(101,102)108-86-91(97)87-109-113(103,104)110-89-92(111-95(100)83-80-77-74-71-68-65-60-27-24-21-18-15-12-9-6-3)88-106-94(99)82-79-76-73-70-67-64-62-59-57-55-53-50-48-39-37-35-33-31-29-26-23-20-17-14-11-8-5-2/h7,10,16-21,25-29,32-35,38-40,42-43,48,60,90-92,96-97H,4-6,8-9,11-15,22-24,30-31,36-37,41,44-47,49-59,61-89H2,1-3H3,(H,101,102)(H,103,104)/b10-7-,19-16-,20-17-,21-18-,28-25-,29-26-,34-32-,35-33-,40-38-,43-42-,48-39-,60-27-. The molecule has 0 saturated heterocycles. The summed E-state index contributed by atoms with van der Waals surface area (Å²) in [7, 11) is -9.80. The quantitative estimate of drug-likeness (QED) is 0.0146. The third-order valence-electron chi connectivity index (χ3n) is 19.0. The van der Waals surface area contributed by atoms with Crippen LogP contribution in [-0.4, -0.2) is 95.9 Å². The lowest BCUT2D eigenvalue weighted by molar-refractivity contribution is -0.161. The van der Waals surface area contributed by atoms with E-state index in [1.165, 1.54) is 167 Å². The second-order valence-electron chi connectivity index (χ2n) is 30.0. The van der Waals surface area contributed by atoms with Crippen molar-refractivity contribution in [2.45, 2.75) is 399 Å². The Labute approximate surface area is 689 Å². The number of carbonyl (C=O) groups excluding carboxylic acids is 3. The van der Waals surface area contributed by atoms with Gasteiger partial charge in [-0.1, -0.05) is 359 Å². The number of phosphoric acid groups is 2. The van der Waals surface area contributed by atoms with Crippen LogP contribution in [0.5, 0.6) is 0 Å². The van der Waals surface area contributed by atoms with E-state index in [4.69, 9.17) is 32.3 Å². The van der Waals surface area contributed by atoms with Crippen molar-refractivity contribution in [2.75, 3.05) is 39.6 Å². The molecule has 4 N–H and O–H groups in total. The number of hydrogen-bond acceptors (Lipinski definition) is 14. The highest BCUT2D eigenvalue weighted by molar-refractivity contribution is 7.47. The Bertz CT molecular complexity index is 2630. The summed E-state index contributed by atoms with van der Waals surface area (Å²) >= 11 is 0. The molecule has 0 aliphatic heterocycles. The summed E-state index contributed by atoms with van der Waals surface area (Å²) in [5, 5.41) is 20.7. The molecule has 0 amide bonds. The summed E-state index contributed by atoms with van der Waals surface area (Å²) in [5.41, 5.74) is 0. The molecule has 0 aliphatic carbocycles. The smallest absolute Gasteiger partial charge is 0.463 e. The van der Waals surface area contributed by atoms with Crippen molar-refractivity contribution in [1.29, 1.82) is 0 Å². The van der Waals surface area contributed by atoms with E-state index in [1.54, 1.807) is 0 Å². The fourth-order valence-corrected chi connectivity index (χ4v) is 13.8. The Morgan fingerprint density at radius 3 is 0.743 bits per heavy atom. The number of aliphatic hydroxyl groups excluding tert-OH is 2. The molecule has 0 bridgehead atoms. The average Bonchev–Trinajstić information content (AvgIpc) is 0.904. The van der Waals surface area contributed by atoms with Crippen LogP contribution in [0.1, 0.15) is 380 Å². The first-order chi connectivity index (χ1) is 55.2. The first-order valence-electron chi connectivity index (χ1n) is 45.1. The summed E-state index contributed by atoms with van der Waals surface area (Å²) in [6.07, 6.45) is 109. The molecule has 0 rings (SSSR count). The zero-order valence-corrected chi connectivity index (χ0v) is 73.3. The number of aliphatic hydroxyl groups is 2. The second kappa shape index (κ2) is 86.8. The van der Waals surface area contributed by atoms with Gasteiger partial charge in [-0.15, -0.1) is 0 Å². The predicted molar refractivity (Wildman–Crippen MR) is 473 cm³/mol. The van der Waals surface area contributed by atoms with E-state index in [2.05, 4.69) is 167 Å². The molecule has 0 aromatic carbocycles. The molecule has 0 aromatic rings. The van der Waals surface area contributed by atoms with Gasteiger partial charge in [-0.3, -0.25) is 32.5 Å². The molecule has 650 valence electrons. The Morgan fingerprint density at radius 2 is 0.469 bits per heavy atom. The normalized spacial score (nSPS) is 14.5. The molecule has 16 nitrogen and oxygen atoms in total. The second-order valence-corrected chi connectivity index (χ2v) is 32.9. The van der Waals surface area contributed by atoms with Gasteiger partial charge in [0.2, 0.25) is 0 Å². The highest BCUT2D eigenvalue weighted by atomic mass is 31.2. The first-order valence-corrected chi connectivity index (χ1v) is 48.1. The number of allylic oxidation sites excluding steroid dienone is 24. The van der Waals surface area contributed by atoms with E-state index < -0.39 is 91.5 Å². The van der Waals surface area contributed by atoms with E-state index in [-0.39, 0.29) is 19.3 Å². The number of phosphoric ester groups is 2. The number of rotatable bonds is 85. The lowest BCUT2D eigenvalue weighted by Gasteiger charge is -2.21. The lowest BCUT2D eigenvalue weighted by atomic mass is 10.0. The van der Waals surface area contributed by atoms with E-state index in [0.29, 0.717) is 19.3 Å². The highest BCUT2D eigenvalue weighted by Crippen LogP contribution is 2.45. The molecule has 0 aliphatic rings. The Morgan fingerprint density at radius 1 is 0.257 bits per heavy atom. The van der Waals surface area contributed by atoms with Crippen LogP contribution in [0.3, 0.4) is 0 Å². The fraction of sp³-hybridized carbons (Fsp3) is 0.716. The average molecular weight is 1620 g/mol. The van der Waals surface area contributed by atoms with Crippen molar-refractivity contribution in [3.8, 4) is 0 Å². The van der Waals surface area contributed by atoms with Gasteiger partial charge < -0.3 is 34.2 Å². The van der Waals surface area contributed by atoms with Gasteiger partial charge in [0.1, 0.15) is 25.4 Å². The van der Waals surface area contributed by atoms with Crippen LogP contribution < -0.4 is 0 Å². The monoisotopic (exact) mass is 1620 g/mol. The van der Waals surface area contributed by atoms with E-state index >= 15 is 0 Å². The Hall–Kier alpha value is -4.57. The van der Waals surface area contributed by atoms with Gasteiger partial charge >= 0.3 is 33.6 Å². The Balaban J connectivity index is 4.44. The molecule has 5 atom stereocenters. The van der Waals surface area contributed by atoms with Gasteiger partial charge in [0.15, 0.2) is 6.10 Å². The number of ether oxygens (including phenoxy) is 3. The first kappa shape index (κ1) is 108. The molecule has 0 aromatic heterocycles. The van der Waals surface area contributed by atoms with Crippen LogP contribution in [-0.2, 0) is 55.8 Å². The summed E-state index contributed by atoms with van der Waals surface area (Å²) in [6, 6.07) is 0. The number of carbonyl (C=O) groups is 3. The molecule has 113 heavy (non-hydrogen) atoms. The van der Waals surface area contributed by atoms with E-state index in [1.807, 2.05) is 0 Å². The molecule has 18 heteroatoms. The molecule has 0 heterocycles. The zero-order chi connectivity index (χ0) is 82.2. The van der Waals surface area contributed by atoms with Gasteiger partial charge in [0.05, 0.1) is 26.4 Å². The van der Waals surface area contributed by atoms with Crippen LogP contribution in [0.25, 0.3) is 0 Å². The van der Waals surface area contributed by atoms with Crippen molar-refractivity contribution in [2.24, 2.45) is 0 Å². The van der Waals surface area contributed by atoms with Crippen LogP contribution >= 0.6 is 15.6 Å². The summed E-state index contributed by atoms with van der Waals surface area (Å²) in [5.74, 6) is -1.58. The lowest BCUT2D eigenvalue weighted by Crippen LogP contribution is -2.30. The topological polar surface area (TPSA) is 231 Å². The molecule has 5 unspecified atom stereocenters. The van der Waals surface area contributed by atoms with Crippen molar-refractivity contribution >= 4 is 33.6 Å². The summed E-state index contributed by atoms with van der Waals surface area (Å²) < 4.78 is 61.3.